The number of carbonyl (C=O) groups is 1. The first kappa shape index (κ1) is 66.1. The Morgan fingerprint density at radius 2 is 1.43 bits per heavy atom. The average molecular weight is 1200 g/mol. The fraction of sp³-hybridized carbons (Fsp3) is 0.667. The highest BCUT2D eigenvalue weighted by Crippen LogP contribution is 2.51. The number of rotatable bonds is 35. The number of hydrogen-bond acceptors (Lipinski definition) is 23. The number of aromatic amines is 1. The topological polar surface area (TPSA) is 451 Å². The molecule has 38 heteroatoms. The van der Waals surface area contributed by atoms with Gasteiger partial charge in [0.2, 0.25) is 5.91 Å². The van der Waals surface area contributed by atoms with Crippen molar-refractivity contribution in [1.82, 2.24) is 24.0 Å². The number of phosphoric ester groups is 3. The third kappa shape index (κ3) is 22.6. The van der Waals surface area contributed by atoms with E-state index in [9.17, 15) is 71.3 Å². The second-order valence-corrected chi connectivity index (χ2v) is 24.7. The lowest BCUT2D eigenvalue weighted by Crippen LogP contribution is -2.42. The first-order chi connectivity index (χ1) is 36.1. The van der Waals surface area contributed by atoms with Gasteiger partial charge in [0, 0.05) is 76.7 Å². The number of nitrogens with one attached hydrogen (secondary N) is 2. The maximum absolute atomic E-state index is 13.6. The number of ether oxygens (including phenoxy) is 3. The van der Waals surface area contributed by atoms with Crippen molar-refractivity contribution in [2.45, 2.75) is 88.9 Å². The molecule has 4 heterocycles. The SMILES string of the molecule is C#CCCCCn1c(=O)c(C)cn(C2CC(OP(=O)(O)CCOOP(=O)(O)OCC3OC(n4cc(/C=C/C(=O)NCCN)c(=O)[nH]c4=O)CC3OP(C)(=O)O)C(COP(=O)(O)OCCCOP(=O)(O)OCCOC)O2)c1=O. The number of carbonyl (C=O) groups excluding carboxylic acids is 1. The van der Waals surface area contributed by atoms with Gasteiger partial charge in [0.15, 0.2) is 0 Å². The molecule has 436 valence electrons. The first-order valence-electron chi connectivity index (χ1n) is 23.2. The van der Waals surface area contributed by atoms with Gasteiger partial charge in [-0.3, -0.25) is 64.8 Å². The Morgan fingerprint density at radius 1 is 0.831 bits per heavy atom. The molecule has 2 fully saturated rings. The highest BCUT2D eigenvalue weighted by molar-refractivity contribution is 7.53. The van der Waals surface area contributed by atoms with E-state index in [0.29, 0.717) is 19.3 Å². The standard InChI is InChI=1S/C39H63N6O27P5/c1-5-6-7-8-14-43-37(48)27(2)23-45(39(43)50)35-22-30(32(69-35)25-66-76(57,58)64-16-9-15-63-75(55,56)65-18-17-61-3)71-74(53,54)20-19-62-72-77(59,60)67-26-31-29(70-73(4,51)52)21-34(68-31)44-24-28(36(47)42-38(44)49)10-11-33(46)41-13-12-40/h1,10-11,23-24,29-32,34-35H,6-9,12-22,25-26,40H2,2-4H3,(H,41,46)(H,51,52)(H,53,54)(H,55,56)(H,57,58)(H,59,60)(H,42,47,49)/b11-10+. The Hall–Kier alpha value is -3.44. The largest absolute Gasteiger partial charge is 0.499 e. The molecule has 0 bridgehead atoms. The van der Waals surface area contributed by atoms with Crippen LogP contribution in [0, 0.1) is 19.3 Å². The Labute approximate surface area is 438 Å². The smallest absolute Gasteiger partial charge is 0.382 e. The Kier molecular flexibility index (Phi) is 26.1. The van der Waals surface area contributed by atoms with E-state index in [-0.39, 0.29) is 56.8 Å². The minimum Gasteiger partial charge on any atom is -0.382 e. The second-order valence-electron chi connectivity index (χ2n) is 16.7. The third-order valence-electron chi connectivity index (χ3n) is 10.5. The minimum absolute atomic E-state index is 0.000884. The van der Waals surface area contributed by atoms with Crippen LogP contribution in [0.3, 0.4) is 0 Å². The molecule has 2 aromatic rings. The van der Waals surface area contributed by atoms with Crippen molar-refractivity contribution in [3.63, 3.8) is 0 Å². The van der Waals surface area contributed by atoms with E-state index in [1.54, 1.807) is 0 Å². The zero-order valence-corrected chi connectivity index (χ0v) is 46.2. The lowest BCUT2D eigenvalue weighted by molar-refractivity contribution is -0.221. The van der Waals surface area contributed by atoms with Crippen molar-refractivity contribution < 1.29 is 108 Å². The van der Waals surface area contributed by atoms with Gasteiger partial charge in [-0.05, 0) is 32.3 Å². The molecular weight excluding hydrogens is 1140 g/mol. The van der Waals surface area contributed by atoms with Crippen LogP contribution in [0.4, 0.5) is 0 Å². The molecule has 2 saturated heterocycles. The molecule has 77 heavy (non-hydrogen) atoms. The number of H-pyrrole nitrogens is 1. The number of terminal acetylenes is 1. The van der Waals surface area contributed by atoms with Gasteiger partial charge in [-0.1, -0.05) is 0 Å². The fourth-order valence-electron chi connectivity index (χ4n) is 7.03. The summed E-state index contributed by atoms with van der Waals surface area (Å²) >= 11 is 0. The Bertz CT molecular complexity index is 2860. The third-order valence-corrected chi connectivity index (χ3v) is 15.3. The molecule has 1 amide bonds. The van der Waals surface area contributed by atoms with Gasteiger partial charge < -0.3 is 58.8 Å². The summed E-state index contributed by atoms with van der Waals surface area (Å²) in [4.78, 5) is 122. The molecule has 33 nitrogen and oxygen atoms in total. The summed E-state index contributed by atoms with van der Waals surface area (Å²) in [5.74, 6) is 1.86. The van der Waals surface area contributed by atoms with Crippen LogP contribution in [0.2, 0.25) is 0 Å². The van der Waals surface area contributed by atoms with Crippen LogP contribution < -0.4 is 33.5 Å². The van der Waals surface area contributed by atoms with E-state index >= 15 is 0 Å². The highest BCUT2D eigenvalue weighted by Gasteiger charge is 2.44. The summed E-state index contributed by atoms with van der Waals surface area (Å²) in [5.41, 5.74) is 1.93. The molecule has 0 radical (unpaired) electrons. The molecule has 4 rings (SSSR count). The van der Waals surface area contributed by atoms with Crippen molar-refractivity contribution in [3.05, 3.63) is 71.3 Å². The molecule has 11 unspecified atom stereocenters. The molecule has 0 aliphatic carbocycles. The van der Waals surface area contributed by atoms with E-state index in [0.717, 1.165) is 38.7 Å². The Morgan fingerprint density at radius 3 is 2.04 bits per heavy atom. The van der Waals surface area contributed by atoms with Crippen LogP contribution in [0.1, 0.15) is 62.1 Å². The lowest BCUT2D eigenvalue weighted by atomic mass is 10.2. The highest BCUT2D eigenvalue weighted by atomic mass is 31.2. The second kappa shape index (κ2) is 30.4. The zero-order chi connectivity index (χ0) is 57.2. The number of aryl methyl sites for hydroxylation is 1. The van der Waals surface area contributed by atoms with Gasteiger partial charge in [0.1, 0.15) is 24.7 Å². The number of methoxy groups -OCH3 is 1. The summed E-state index contributed by atoms with van der Waals surface area (Å²) < 4.78 is 122. The minimum atomic E-state index is -5.28. The molecule has 0 aromatic carbocycles. The molecule has 2 aliphatic rings. The van der Waals surface area contributed by atoms with Crippen LogP contribution >= 0.6 is 38.7 Å². The predicted molar refractivity (Wildman–Crippen MR) is 265 cm³/mol. The van der Waals surface area contributed by atoms with Crippen LogP contribution in [-0.2, 0) is 89.6 Å². The van der Waals surface area contributed by atoms with Gasteiger partial charge in [0.25, 0.3) is 11.1 Å². The quantitative estimate of drug-likeness (QED) is 0.0116. The monoisotopic (exact) mass is 1200 g/mol. The number of phosphoric acid groups is 3. The number of nitrogens with two attached hydrogens (primary N) is 1. The van der Waals surface area contributed by atoms with Crippen LogP contribution in [0.5, 0.6) is 0 Å². The summed E-state index contributed by atoms with van der Waals surface area (Å²) in [7, 11) is -22.6. The summed E-state index contributed by atoms with van der Waals surface area (Å²) in [5, 5.41) is 2.45. The van der Waals surface area contributed by atoms with Gasteiger partial charge in [-0.2, -0.15) is 0 Å². The van der Waals surface area contributed by atoms with Crippen LogP contribution in [-0.4, -0.2) is 153 Å². The summed E-state index contributed by atoms with van der Waals surface area (Å²) in [6.45, 7) is -1.51. The molecule has 2 aromatic heterocycles. The number of nitrogens with zero attached hydrogens (tertiary/aromatic N) is 3. The zero-order valence-electron chi connectivity index (χ0n) is 41.7. The van der Waals surface area contributed by atoms with E-state index in [2.05, 4.69) is 20.4 Å². The molecule has 9 N–H and O–H groups in total. The summed E-state index contributed by atoms with van der Waals surface area (Å²) in [6.07, 6.45) is 0.309. The number of amides is 1. The van der Waals surface area contributed by atoms with Gasteiger partial charge in [-0.15, -0.1) is 17.0 Å². The maximum Gasteiger partial charge on any atom is 0.499 e. The average Bonchev–Trinajstić information content (AvgIpc) is 3.93. The molecule has 0 spiro atoms. The van der Waals surface area contributed by atoms with Crippen molar-refractivity contribution in [2.24, 2.45) is 5.73 Å². The molecule has 2 aliphatic heterocycles. The predicted octanol–water partition coefficient (Wildman–Crippen LogP) is 0.475. The summed E-state index contributed by atoms with van der Waals surface area (Å²) in [6, 6.07) is 0. The van der Waals surface area contributed by atoms with Crippen molar-refractivity contribution >= 4 is 50.6 Å². The number of aromatic nitrogens is 4. The lowest BCUT2D eigenvalue weighted by Gasteiger charge is -2.23. The maximum atomic E-state index is 13.6. The van der Waals surface area contributed by atoms with E-state index < -0.39 is 150 Å². The molecule has 0 saturated carbocycles. The van der Waals surface area contributed by atoms with Crippen molar-refractivity contribution in [3.8, 4) is 12.3 Å². The van der Waals surface area contributed by atoms with Gasteiger partial charge in [0.05, 0.1) is 70.2 Å². The molecular formula is C39H63N6O27P5. The first-order valence-corrected chi connectivity index (χ1v) is 31.4. The van der Waals surface area contributed by atoms with Crippen LogP contribution in [0.25, 0.3) is 6.08 Å². The van der Waals surface area contributed by atoms with Gasteiger partial charge >= 0.3 is 50.0 Å². The Balaban J connectivity index is 1.41. The number of unbranched alkanes of at least 4 members (excludes halogenated alkanes) is 2. The van der Waals surface area contributed by atoms with Crippen molar-refractivity contribution in [1.29, 1.82) is 0 Å². The van der Waals surface area contributed by atoms with Crippen LogP contribution in [0.15, 0.2) is 37.6 Å². The van der Waals surface area contributed by atoms with Crippen molar-refractivity contribution in [2.75, 3.05) is 79.3 Å². The molecule has 11 atom stereocenters. The van der Waals surface area contributed by atoms with E-state index in [4.69, 9.17) is 58.4 Å². The van der Waals surface area contributed by atoms with Gasteiger partial charge in [-0.25, -0.2) is 28.2 Å². The number of hydrogen-bond donors (Lipinski definition) is 8. The van der Waals surface area contributed by atoms with E-state index in [1.807, 2.05) is 4.98 Å². The van der Waals surface area contributed by atoms with E-state index in [1.165, 1.54) is 20.2 Å². The normalized spacial score (nSPS) is 23.6. The fourth-order valence-corrected chi connectivity index (χ4v) is 10.9.